The van der Waals surface area contributed by atoms with Crippen molar-refractivity contribution in [2.45, 2.75) is 11.1 Å². The van der Waals surface area contributed by atoms with Crippen LogP contribution in [0.2, 0.25) is 0 Å². The first-order valence-electron chi connectivity index (χ1n) is 6.43. The molecule has 1 aliphatic rings. The van der Waals surface area contributed by atoms with Crippen LogP contribution in [0.15, 0.2) is 45.9 Å². The predicted octanol–water partition coefficient (Wildman–Crippen LogP) is 1.48. The number of fused-ring (bicyclic) bond motifs is 1. The van der Waals surface area contributed by atoms with Gasteiger partial charge in [-0.15, -0.1) is 0 Å². The summed E-state index contributed by atoms with van der Waals surface area (Å²) in [5, 5.41) is -0.350. The Labute approximate surface area is 126 Å². The number of carbonyl (C=O) groups excluding carboxylic acids is 1. The number of benzene rings is 1. The topological polar surface area (TPSA) is 94.8 Å². The zero-order valence-electron chi connectivity index (χ0n) is 11.6. The maximum Gasteiger partial charge on any atom is 0.374 e. The Balaban J connectivity index is 1.83. The van der Waals surface area contributed by atoms with E-state index in [2.05, 4.69) is 9.46 Å². The van der Waals surface area contributed by atoms with Gasteiger partial charge in [0.05, 0.1) is 13.2 Å². The molecule has 0 unspecified atom stereocenters. The lowest BCUT2D eigenvalue weighted by molar-refractivity contribution is 0.0559. The molecule has 116 valence electrons. The Hall–Kier alpha value is -2.32. The van der Waals surface area contributed by atoms with E-state index in [1.807, 2.05) is 6.07 Å². The molecular formula is C14H13NO6S. The van der Waals surface area contributed by atoms with Crippen LogP contribution >= 0.6 is 0 Å². The molecule has 7 nitrogen and oxygen atoms in total. The van der Waals surface area contributed by atoms with Crippen molar-refractivity contribution in [3.63, 3.8) is 0 Å². The van der Waals surface area contributed by atoms with E-state index in [-0.39, 0.29) is 17.5 Å². The highest BCUT2D eigenvalue weighted by Crippen LogP contribution is 2.32. The Morgan fingerprint density at radius 1 is 1.27 bits per heavy atom. The van der Waals surface area contributed by atoms with E-state index in [0.29, 0.717) is 5.75 Å². The van der Waals surface area contributed by atoms with Crippen LogP contribution in [0.5, 0.6) is 5.75 Å². The summed E-state index contributed by atoms with van der Waals surface area (Å²) < 4.78 is 42.0. The van der Waals surface area contributed by atoms with Gasteiger partial charge >= 0.3 is 5.97 Å². The quantitative estimate of drug-likeness (QED) is 0.856. The lowest BCUT2D eigenvalue weighted by Gasteiger charge is -2.10. The smallest absolute Gasteiger partial charge is 0.374 e. The van der Waals surface area contributed by atoms with E-state index in [0.717, 1.165) is 5.56 Å². The zero-order valence-corrected chi connectivity index (χ0v) is 12.4. The van der Waals surface area contributed by atoms with Gasteiger partial charge in [-0.25, -0.2) is 13.2 Å². The SMILES string of the molecule is COC(=O)c1ccc(S(=O)(=O)N[C@@H]2COc3ccccc32)o1. The van der Waals surface area contributed by atoms with Gasteiger partial charge < -0.3 is 13.9 Å². The highest BCUT2D eigenvalue weighted by molar-refractivity contribution is 7.89. The van der Waals surface area contributed by atoms with Gasteiger partial charge in [-0.2, -0.15) is 4.72 Å². The zero-order chi connectivity index (χ0) is 15.7. The maximum atomic E-state index is 12.3. The number of hydrogen-bond acceptors (Lipinski definition) is 6. The van der Waals surface area contributed by atoms with Crippen molar-refractivity contribution >= 4 is 16.0 Å². The molecular weight excluding hydrogens is 310 g/mol. The van der Waals surface area contributed by atoms with Crippen LogP contribution in [0.25, 0.3) is 0 Å². The number of carbonyl (C=O) groups is 1. The van der Waals surface area contributed by atoms with E-state index >= 15 is 0 Å². The number of ether oxygens (including phenoxy) is 2. The van der Waals surface area contributed by atoms with Gasteiger partial charge in [-0.1, -0.05) is 18.2 Å². The summed E-state index contributed by atoms with van der Waals surface area (Å²) in [6.07, 6.45) is 0. The first-order valence-corrected chi connectivity index (χ1v) is 7.92. The van der Waals surface area contributed by atoms with Crippen LogP contribution in [-0.4, -0.2) is 28.1 Å². The van der Waals surface area contributed by atoms with Crippen molar-refractivity contribution in [2.75, 3.05) is 13.7 Å². The van der Waals surface area contributed by atoms with Gasteiger partial charge in [0.25, 0.3) is 10.0 Å². The van der Waals surface area contributed by atoms with Crippen LogP contribution in [0.4, 0.5) is 0 Å². The van der Waals surface area contributed by atoms with Gasteiger partial charge in [0.15, 0.2) is 0 Å². The number of para-hydroxylation sites is 1. The highest BCUT2D eigenvalue weighted by atomic mass is 32.2. The third kappa shape index (κ3) is 2.58. The third-order valence-corrected chi connectivity index (χ3v) is 4.57. The average molecular weight is 323 g/mol. The molecule has 8 heteroatoms. The summed E-state index contributed by atoms with van der Waals surface area (Å²) in [7, 11) is -2.73. The molecule has 0 spiro atoms. The standard InChI is InChI=1S/C14H13NO6S/c1-19-14(16)12-6-7-13(21-12)22(17,18)15-10-8-20-11-5-3-2-4-9(10)11/h2-7,10,15H,8H2,1H3/t10-/m1/s1. The fourth-order valence-electron chi connectivity index (χ4n) is 2.18. The number of hydrogen-bond donors (Lipinski definition) is 1. The fraction of sp³-hybridized carbons (Fsp3) is 0.214. The lowest BCUT2D eigenvalue weighted by atomic mass is 10.1. The van der Waals surface area contributed by atoms with Crippen LogP contribution in [-0.2, 0) is 14.8 Å². The minimum Gasteiger partial charge on any atom is -0.491 e. The van der Waals surface area contributed by atoms with Gasteiger partial charge in [0, 0.05) is 5.56 Å². The monoisotopic (exact) mass is 323 g/mol. The van der Waals surface area contributed by atoms with Crippen molar-refractivity contribution < 1.29 is 27.1 Å². The van der Waals surface area contributed by atoms with E-state index < -0.39 is 22.0 Å². The van der Waals surface area contributed by atoms with Gasteiger partial charge in [0.2, 0.25) is 10.9 Å². The Kier molecular flexibility index (Phi) is 3.63. The Morgan fingerprint density at radius 2 is 2.05 bits per heavy atom. The molecule has 2 aromatic rings. The van der Waals surface area contributed by atoms with Gasteiger partial charge in [0.1, 0.15) is 12.4 Å². The van der Waals surface area contributed by atoms with Crippen molar-refractivity contribution in [3.05, 3.63) is 47.7 Å². The largest absolute Gasteiger partial charge is 0.491 e. The molecule has 1 N–H and O–H groups in total. The number of sulfonamides is 1. The van der Waals surface area contributed by atoms with Crippen molar-refractivity contribution in [3.8, 4) is 5.75 Å². The van der Waals surface area contributed by atoms with Crippen molar-refractivity contribution in [1.29, 1.82) is 0 Å². The molecule has 2 heterocycles. The third-order valence-electron chi connectivity index (χ3n) is 3.23. The minimum atomic E-state index is -3.91. The number of nitrogens with one attached hydrogen (secondary N) is 1. The number of furan rings is 1. The molecule has 0 radical (unpaired) electrons. The second-order valence-electron chi connectivity index (χ2n) is 4.63. The number of esters is 1. The molecule has 1 aromatic carbocycles. The van der Waals surface area contributed by atoms with Crippen molar-refractivity contribution in [1.82, 2.24) is 4.72 Å². The molecule has 0 fully saturated rings. The molecule has 0 saturated heterocycles. The van der Waals surface area contributed by atoms with Gasteiger partial charge in [-0.3, -0.25) is 0 Å². The lowest BCUT2D eigenvalue weighted by Crippen LogP contribution is -2.29. The second kappa shape index (κ2) is 5.47. The molecule has 1 aromatic heterocycles. The van der Waals surface area contributed by atoms with E-state index in [9.17, 15) is 13.2 Å². The average Bonchev–Trinajstić information content (AvgIpc) is 3.14. The van der Waals surface area contributed by atoms with Crippen molar-refractivity contribution in [2.24, 2.45) is 0 Å². The number of rotatable bonds is 4. The molecule has 3 rings (SSSR count). The maximum absolute atomic E-state index is 12.3. The Morgan fingerprint density at radius 3 is 2.82 bits per heavy atom. The molecule has 0 bridgehead atoms. The number of methoxy groups -OCH3 is 1. The van der Waals surface area contributed by atoms with Crippen LogP contribution < -0.4 is 9.46 Å². The summed E-state index contributed by atoms with van der Waals surface area (Å²) in [5.41, 5.74) is 0.755. The summed E-state index contributed by atoms with van der Waals surface area (Å²) in [6, 6.07) is 9.12. The van der Waals surface area contributed by atoms with Crippen LogP contribution in [0.1, 0.15) is 22.2 Å². The minimum absolute atomic E-state index is 0.175. The second-order valence-corrected chi connectivity index (χ2v) is 6.28. The van der Waals surface area contributed by atoms with E-state index in [4.69, 9.17) is 9.15 Å². The molecule has 0 saturated carbocycles. The molecule has 0 aliphatic carbocycles. The summed E-state index contributed by atoms with van der Waals surface area (Å²) in [4.78, 5) is 11.3. The van der Waals surface area contributed by atoms with Gasteiger partial charge in [-0.05, 0) is 18.2 Å². The first-order chi connectivity index (χ1) is 10.5. The Bertz CT molecular complexity index is 810. The molecule has 22 heavy (non-hydrogen) atoms. The highest BCUT2D eigenvalue weighted by Gasteiger charge is 2.30. The predicted molar refractivity (Wildman–Crippen MR) is 75.0 cm³/mol. The molecule has 1 atom stereocenters. The molecule has 1 aliphatic heterocycles. The fourth-order valence-corrected chi connectivity index (χ4v) is 3.31. The van der Waals surface area contributed by atoms with E-state index in [1.165, 1.54) is 19.2 Å². The summed E-state index contributed by atoms with van der Waals surface area (Å²) in [6.45, 7) is 0.198. The molecule has 0 amide bonds. The summed E-state index contributed by atoms with van der Waals surface area (Å²) >= 11 is 0. The first kappa shape index (κ1) is 14.6. The van der Waals surface area contributed by atoms with Crippen LogP contribution in [0.3, 0.4) is 0 Å². The van der Waals surface area contributed by atoms with E-state index in [1.54, 1.807) is 18.2 Å². The summed E-state index contributed by atoms with van der Waals surface area (Å²) in [5.74, 6) is -0.271. The van der Waals surface area contributed by atoms with Crippen LogP contribution in [0, 0.1) is 0 Å². The normalized spacial score (nSPS) is 16.9.